The molecule has 0 radical (unpaired) electrons. The number of carbonyl (C=O) groups is 1. The maximum absolute atomic E-state index is 10.2. The van der Waals surface area contributed by atoms with Gasteiger partial charge in [-0.2, -0.15) is 0 Å². The third kappa shape index (κ3) is 26.0. The number of unbranched alkanes of at least 4 members (excludes halogenated alkanes) is 7. The molecule has 0 aromatic rings. The maximum atomic E-state index is 10.2. The molecule has 2 unspecified atom stereocenters. The molecule has 0 saturated carbocycles. The van der Waals surface area contributed by atoms with E-state index in [0.717, 1.165) is 12.8 Å². The lowest BCUT2D eigenvalue weighted by molar-refractivity contribution is -0.137. The lowest BCUT2D eigenvalue weighted by atomic mass is 10.1. The summed E-state index contributed by atoms with van der Waals surface area (Å²) in [5.41, 5.74) is 0. The summed E-state index contributed by atoms with van der Waals surface area (Å²) >= 11 is 0. The molecule has 0 amide bonds. The highest BCUT2D eigenvalue weighted by atomic mass is 16.4. The molecule has 0 saturated heterocycles. The molecule has 122 valence electrons. The van der Waals surface area contributed by atoms with Gasteiger partial charge in [-0.25, -0.2) is 0 Å². The van der Waals surface area contributed by atoms with Gasteiger partial charge in [-0.15, -0.1) is 0 Å². The first-order valence-corrected chi connectivity index (χ1v) is 7.74. The summed E-state index contributed by atoms with van der Waals surface area (Å²) in [6.07, 6.45) is 8.80. The fourth-order valence-corrected chi connectivity index (χ4v) is 1.76. The van der Waals surface area contributed by atoms with Gasteiger partial charge in [-0.1, -0.05) is 51.9 Å². The second-order valence-electron chi connectivity index (χ2n) is 5.14. The predicted molar refractivity (Wildman–Crippen MR) is 81.4 cm³/mol. The van der Waals surface area contributed by atoms with Crippen molar-refractivity contribution in [1.82, 2.24) is 5.32 Å². The molecule has 0 spiro atoms. The minimum Gasteiger partial charge on any atom is -0.481 e. The van der Waals surface area contributed by atoms with Gasteiger partial charge in [-0.3, -0.25) is 10.1 Å². The van der Waals surface area contributed by atoms with Crippen LogP contribution in [0.4, 0.5) is 0 Å². The minimum atomic E-state index is -0.661. The summed E-state index contributed by atoms with van der Waals surface area (Å²) in [5.74, 6) is -0.661. The molecule has 5 nitrogen and oxygen atoms in total. The number of aliphatic hydroxyl groups is 2. The first kappa shape index (κ1) is 21.6. The Hall–Kier alpha value is -0.650. The van der Waals surface area contributed by atoms with E-state index in [2.05, 4.69) is 12.2 Å². The molecule has 0 aromatic carbocycles. The van der Waals surface area contributed by atoms with E-state index >= 15 is 0 Å². The van der Waals surface area contributed by atoms with E-state index in [4.69, 9.17) is 15.3 Å². The lowest BCUT2D eigenvalue weighted by Crippen LogP contribution is -2.33. The second-order valence-corrected chi connectivity index (χ2v) is 5.14. The van der Waals surface area contributed by atoms with Crippen molar-refractivity contribution in [1.29, 1.82) is 0 Å². The summed E-state index contributed by atoms with van der Waals surface area (Å²) in [6, 6.07) is 0. The van der Waals surface area contributed by atoms with Crippen molar-refractivity contribution in [3.63, 3.8) is 0 Å². The van der Waals surface area contributed by atoms with E-state index in [9.17, 15) is 4.79 Å². The smallest absolute Gasteiger partial charge is 0.303 e. The molecule has 20 heavy (non-hydrogen) atoms. The molecular formula is C15H33NO4. The van der Waals surface area contributed by atoms with Crippen LogP contribution in [0.3, 0.4) is 0 Å². The summed E-state index contributed by atoms with van der Waals surface area (Å²) in [5, 5.41) is 27.7. The van der Waals surface area contributed by atoms with Crippen LogP contribution in [0.1, 0.15) is 78.6 Å². The molecular weight excluding hydrogens is 258 g/mol. The quantitative estimate of drug-likeness (QED) is 0.347. The molecule has 0 aliphatic heterocycles. The lowest BCUT2D eigenvalue weighted by Gasteiger charge is -2.08. The van der Waals surface area contributed by atoms with Crippen LogP contribution in [0.25, 0.3) is 0 Å². The summed E-state index contributed by atoms with van der Waals surface area (Å²) in [7, 11) is 0. The Balaban J connectivity index is 0. The van der Waals surface area contributed by atoms with Crippen LogP contribution in [0, 0.1) is 0 Å². The van der Waals surface area contributed by atoms with Crippen molar-refractivity contribution in [2.24, 2.45) is 0 Å². The number of carboxylic acids is 1. The Morgan fingerprint density at radius 1 is 0.900 bits per heavy atom. The molecule has 0 heterocycles. The topological polar surface area (TPSA) is 89.8 Å². The van der Waals surface area contributed by atoms with Gasteiger partial charge in [0.25, 0.3) is 0 Å². The fourth-order valence-electron chi connectivity index (χ4n) is 1.76. The molecule has 0 bridgehead atoms. The van der Waals surface area contributed by atoms with Crippen LogP contribution in [0.15, 0.2) is 0 Å². The number of nitrogens with one attached hydrogen (secondary N) is 1. The van der Waals surface area contributed by atoms with Crippen LogP contribution in [0.5, 0.6) is 0 Å². The Morgan fingerprint density at radius 2 is 1.30 bits per heavy atom. The summed E-state index contributed by atoms with van der Waals surface area (Å²) < 4.78 is 0. The van der Waals surface area contributed by atoms with Crippen LogP contribution >= 0.6 is 0 Å². The zero-order chi connectivity index (χ0) is 15.8. The number of hydrogen-bond donors (Lipinski definition) is 4. The van der Waals surface area contributed by atoms with E-state index in [1.165, 1.54) is 38.5 Å². The fraction of sp³-hybridized carbons (Fsp3) is 0.933. The normalized spacial score (nSPS) is 13.2. The van der Waals surface area contributed by atoms with E-state index < -0.39 is 18.4 Å². The molecule has 2 atom stereocenters. The third-order valence-corrected chi connectivity index (χ3v) is 2.73. The van der Waals surface area contributed by atoms with E-state index in [0.29, 0.717) is 6.42 Å². The van der Waals surface area contributed by atoms with Gasteiger partial charge < -0.3 is 15.3 Å². The average molecular weight is 291 g/mol. The van der Waals surface area contributed by atoms with Gasteiger partial charge in [0.05, 0.1) is 0 Å². The van der Waals surface area contributed by atoms with Crippen molar-refractivity contribution >= 4 is 5.97 Å². The zero-order valence-corrected chi connectivity index (χ0v) is 13.3. The first-order valence-electron chi connectivity index (χ1n) is 7.74. The minimum absolute atomic E-state index is 0.342. The van der Waals surface area contributed by atoms with Crippen molar-refractivity contribution in [3.05, 3.63) is 0 Å². The van der Waals surface area contributed by atoms with Crippen LogP contribution in [0.2, 0.25) is 0 Å². The van der Waals surface area contributed by atoms with E-state index in [1.807, 2.05) is 0 Å². The molecule has 0 rings (SSSR count). The molecule has 5 heteroatoms. The molecule has 4 N–H and O–H groups in total. The number of aliphatic carboxylic acids is 1. The Bertz CT molecular complexity index is 202. The predicted octanol–water partition coefficient (Wildman–Crippen LogP) is 2.85. The Labute approximate surface area is 123 Å². The van der Waals surface area contributed by atoms with E-state index in [-0.39, 0.29) is 0 Å². The second kappa shape index (κ2) is 16.4. The van der Waals surface area contributed by atoms with Crippen LogP contribution in [-0.4, -0.2) is 33.7 Å². The Morgan fingerprint density at radius 3 is 1.60 bits per heavy atom. The van der Waals surface area contributed by atoms with Crippen molar-refractivity contribution in [3.8, 4) is 0 Å². The highest BCUT2D eigenvalue weighted by molar-refractivity contribution is 5.66. The van der Waals surface area contributed by atoms with Crippen molar-refractivity contribution < 1.29 is 20.1 Å². The largest absolute Gasteiger partial charge is 0.481 e. The number of rotatable bonds is 11. The molecule has 0 aromatic heterocycles. The Kier molecular flexibility index (Phi) is 17.8. The van der Waals surface area contributed by atoms with Crippen LogP contribution < -0.4 is 5.32 Å². The maximum Gasteiger partial charge on any atom is 0.303 e. The SMILES string of the molecule is CC(O)NC(C)O.CCCCCCCCCCC(=O)O. The monoisotopic (exact) mass is 291 g/mol. The highest BCUT2D eigenvalue weighted by Crippen LogP contribution is 2.09. The van der Waals surface area contributed by atoms with Gasteiger partial charge in [0.2, 0.25) is 0 Å². The molecule has 0 aliphatic rings. The molecule has 0 fully saturated rings. The van der Waals surface area contributed by atoms with Gasteiger partial charge in [0, 0.05) is 6.42 Å². The third-order valence-electron chi connectivity index (χ3n) is 2.73. The van der Waals surface area contributed by atoms with E-state index in [1.54, 1.807) is 13.8 Å². The van der Waals surface area contributed by atoms with Crippen molar-refractivity contribution in [2.45, 2.75) is 91.0 Å². The van der Waals surface area contributed by atoms with Gasteiger partial charge >= 0.3 is 5.97 Å². The summed E-state index contributed by atoms with van der Waals surface area (Å²) in [4.78, 5) is 10.2. The van der Waals surface area contributed by atoms with Crippen molar-refractivity contribution in [2.75, 3.05) is 0 Å². The summed E-state index contributed by atoms with van der Waals surface area (Å²) in [6.45, 7) is 5.31. The first-order chi connectivity index (χ1) is 9.40. The number of aliphatic hydroxyl groups excluding tert-OH is 2. The average Bonchev–Trinajstić information content (AvgIpc) is 2.31. The van der Waals surface area contributed by atoms with Gasteiger partial charge in [-0.05, 0) is 20.3 Å². The van der Waals surface area contributed by atoms with Gasteiger partial charge in [0.15, 0.2) is 0 Å². The standard InChI is InChI=1S/C11H22O2.C4H11NO2/c1-2-3-4-5-6-7-8-9-10-11(12)13;1-3(6)5-4(2)7/h2-10H2,1H3,(H,12,13);3-7H,1-2H3. The zero-order valence-electron chi connectivity index (χ0n) is 13.3. The van der Waals surface area contributed by atoms with Gasteiger partial charge in [0.1, 0.15) is 12.5 Å². The molecule has 0 aliphatic carbocycles. The number of hydrogen-bond acceptors (Lipinski definition) is 4. The number of carboxylic acid groups (broad SMARTS) is 1. The van der Waals surface area contributed by atoms with Crippen LogP contribution in [-0.2, 0) is 4.79 Å². The highest BCUT2D eigenvalue weighted by Gasteiger charge is 1.96.